The number of benzene rings is 1. The topological polar surface area (TPSA) is 143 Å². The molecule has 1 saturated carbocycles. The fraction of sp³-hybridized carbons (Fsp3) is 0.533. The van der Waals surface area contributed by atoms with Gasteiger partial charge in [-0.25, -0.2) is 17.9 Å². The fourth-order valence-corrected chi connectivity index (χ4v) is 6.94. The van der Waals surface area contributed by atoms with Gasteiger partial charge in [0.05, 0.1) is 17.2 Å². The first-order valence-electron chi connectivity index (χ1n) is 14.5. The lowest BCUT2D eigenvalue weighted by atomic mass is 9.67. The third-order valence-electron chi connectivity index (χ3n) is 8.81. The molecule has 2 aliphatic rings. The lowest BCUT2D eigenvalue weighted by molar-refractivity contribution is -0.139. The monoisotopic (exact) mass is 595 g/mol. The SMILES string of the molecule is Cc1cn2nc([C@H](C)N(C)C(=O)C3(c4ccccc4)CCC(NC(=O)CS(C)(=O)=O)CC3)cc2nc1N1CC[C@H](N)C1. The molecule has 0 bridgehead atoms. The van der Waals surface area contributed by atoms with Crippen LogP contribution in [0.4, 0.5) is 5.82 Å². The van der Waals surface area contributed by atoms with Gasteiger partial charge in [-0.05, 0) is 51.5 Å². The Morgan fingerprint density at radius 3 is 2.50 bits per heavy atom. The van der Waals surface area contributed by atoms with Crippen molar-refractivity contribution < 1.29 is 18.0 Å². The van der Waals surface area contributed by atoms with Crippen molar-refractivity contribution in [1.29, 1.82) is 0 Å². The van der Waals surface area contributed by atoms with E-state index >= 15 is 0 Å². The minimum atomic E-state index is -3.41. The number of hydrogen-bond acceptors (Lipinski definition) is 8. The van der Waals surface area contributed by atoms with E-state index in [0.717, 1.165) is 54.1 Å². The third-order valence-corrected chi connectivity index (χ3v) is 9.60. The molecule has 226 valence electrons. The van der Waals surface area contributed by atoms with Gasteiger partial charge in [-0.2, -0.15) is 5.10 Å². The molecule has 3 heterocycles. The number of anilines is 1. The Bertz CT molecular complexity index is 1560. The zero-order valence-electron chi connectivity index (χ0n) is 24.8. The number of nitrogens with two attached hydrogens (primary N) is 1. The molecule has 2 aromatic heterocycles. The highest BCUT2D eigenvalue weighted by Crippen LogP contribution is 2.42. The number of rotatable bonds is 8. The molecule has 2 fully saturated rings. The summed E-state index contributed by atoms with van der Waals surface area (Å²) in [5.74, 6) is -0.122. The van der Waals surface area contributed by atoms with Crippen molar-refractivity contribution in [2.45, 2.75) is 69.5 Å². The van der Waals surface area contributed by atoms with Gasteiger partial charge in [0.15, 0.2) is 15.5 Å². The molecule has 2 atom stereocenters. The van der Waals surface area contributed by atoms with Crippen molar-refractivity contribution in [3.05, 3.63) is 59.4 Å². The highest BCUT2D eigenvalue weighted by atomic mass is 32.2. The van der Waals surface area contributed by atoms with E-state index in [9.17, 15) is 18.0 Å². The number of nitrogens with zero attached hydrogens (tertiary/aromatic N) is 5. The molecule has 11 nitrogen and oxygen atoms in total. The van der Waals surface area contributed by atoms with Gasteiger partial charge in [-0.3, -0.25) is 9.59 Å². The number of fused-ring (bicyclic) bond motifs is 1. The van der Waals surface area contributed by atoms with E-state index in [1.165, 1.54) is 0 Å². The van der Waals surface area contributed by atoms with Crippen LogP contribution in [0.15, 0.2) is 42.6 Å². The number of amides is 2. The number of carbonyl (C=O) groups excluding carboxylic acids is 2. The van der Waals surface area contributed by atoms with Crippen molar-refractivity contribution >= 4 is 33.1 Å². The summed E-state index contributed by atoms with van der Waals surface area (Å²) in [6.45, 7) is 5.66. The first kappa shape index (κ1) is 30.0. The highest BCUT2D eigenvalue weighted by Gasteiger charge is 2.46. The quantitative estimate of drug-likeness (QED) is 0.403. The molecule has 1 aliphatic carbocycles. The van der Waals surface area contributed by atoms with Gasteiger partial charge in [-0.15, -0.1) is 0 Å². The summed E-state index contributed by atoms with van der Waals surface area (Å²) in [5, 5.41) is 7.65. The predicted octanol–water partition coefficient (Wildman–Crippen LogP) is 2.14. The summed E-state index contributed by atoms with van der Waals surface area (Å²) < 4.78 is 24.9. The second-order valence-electron chi connectivity index (χ2n) is 12.1. The Balaban J connectivity index is 1.36. The number of sulfone groups is 1. The van der Waals surface area contributed by atoms with Crippen molar-refractivity contribution in [2.24, 2.45) is 5.73 Å². The van der Waals surface area contributed by atoms with Crippen LogP contribution in [0.1, 0.15) is 61.9 Å². The first-order chi connectivity index (χ1) is 19.9. The number of nitrogens with one attached hydrogen (secondary N) is 1. The van der Waals surface area contributed by atoms with Crippen LogP contribution in [0.2, 0.25) is 0 Å². The minimum Gasteiger partial charge on any atom is -0.355 e. The van der Waals surface area contributed by atoms with E-state index in [1.807, 2.05) is 63.5 Å². The van der Waals surface area contributed by atoms with Crippen molar-refractivity contribution in [2.75, 3.05) is 37.0 Å². The summed E-state index contributed by atoms with van der Waals surface area (Å²) in [7, 11) is -1.60. The molecule has 42 heavy (non-hydrogen) atoms. The van der Waals surface area contributed by atoms with Gasteiger partial charge in [0.2, 0.25) is 11.8 Å². The normalized spacial score (nSPS) is 23.6. The molecule has 1 aliphatic heterocycles. The van der Waals surface area contributed by atoms with Crippen LogP contribution in [-0.2, 0) is 24.8 Å². The second-order valence-corrected chi connectivity index (χ2v) is 14.2. The Labute approximate surface area is 247 Å². The maximum Gasteiger partial charge on any atom is 0.235 e. The number of hydrogen-bond donors (Lipinski definition) is 2. The van der Waals surface area contributed by atoms with Gasteiger partial charge < -0.3 is 20.9 Å². The second kappa shape index (κ2) is 11.6. The number of aromatic nitrogens is 3. The zero-order valence-corrected chi connectivity index (χ0v) is 25.6. The van der Waals surface area contributed by atoms with Crippen LogP contribution in [-0.4, -0.2) is 84.0 Å². The van der Waals surface area contributed by atoms with E-state index in [2.05, 4.69) is 10.2 Å². The highest BCUT2D eigenvalue weighted by molar-refractivity contribution is 7.91. The smallest absolute Gasteiger partial charge is 0.235 e. The van der Waals surface area contributed by atoms with E-state index < -0.39 is 26.9 Å². The van der Waals surface area contributed by atoms with Crippen LogP contribution in [0, 0.1) is 6.92 Å². The van der Waals surface area contributed by atoms with Gasteiger partial charge in [0.25, 0.3) is 0 Å². The van der Waals surface area contributed by atoms with Gasteiger partial charge in [0, 0.05) is 56.3 Å². The van der Waals surface area contributed by atoms with E-state index in [-0.39, 0.29) is 24.0 Å². The first-order valence-corrected chi connectivity index (χ1v) is 16.6. The van der Waals surface area contributed by atoms with Crippen LogP contribution in [0.5, 0.6) is 0 Å². The zero-order chi connectivity index (χ0) is 30.2. The molecule has 2 amide bonds. The van der Waals surface area contributed by atoms with E-state index in [4.69, 9.17) is 15.8 Å². The Kier molecular flexibility index (Phi) is 8.30. The van der Waals surface area contributed by atoms with Crippen LogP contribution >= 0.6 is 0 Å². The molecule has 0 radical (unpaired) electrons. The lowest BCUT2D eigenvalue weighted by Gasteiger charge is -2.42. The molecular formula is C30H41N7O4S. The summed E-state index contributed by atoms with van der Waals surface area (Å²) in [4.78, 5) is 35.5. The molecule has 3 N–H and O–H groups in total. The van der Waals surface area contributed by atoms with Crippen molar-refractivity contribution in [3.63, 3.8) is 0 Å². The summed E-state index contributed by atoms with van der Waals surface area (Å²) >= 11 is 0. The van der Waals surface area contributed by atoms with Gasteiger partial charge in [-0.1, -0.05) is 30.3 Å². The summed E-state index contributed by atoms with van der Waals surface area (Å²) in [5.41, 5.74) is 8.80. The average molecular weight is 596 g/mol. The van der Waals surface area contributed by atoms with E-state index in [0.29, 0.717) is 25.7 Å². The standard InChI is InChI=1S/C30H41N7O4S/c1-20-17-37-26(33-28(20)36-15-12-23(31)18-36)16-25(34-37)21(2)35(3)29(39)30(22-8-6-5-7-9-22)13-10-24(11-14-30)32-27(38)19-42(4,40)41/h5-9,16-17,21,23-24H,10-15,18-19,31H2,1-4H3,(H,32,38)/t21-,23-,24?,30?/m0/s1. The molecule has 1 aromatic carbocycles. The molecular weight excluding hydrogens is 554 g/mol. The lowest BCUT2D eigenvalue weighted by Crippen LogP contribution is -2.51. The molecule has 5 rings (SSSR count). The summed E-state index contributed by atoms with van der Waals surface area (Å²) in [6, 6.07) is 11.4. The van der Waals surface area contributed by atoms with Gasteiger partial charge >= 0.3 is 0 Å². The van der Waals surface area contributed by atoms with E-state index in [1.54, 1.807) is 9.42 Å². The Hall–Kier alpha value is -3.51. The minimum absolute atomic E-state index is 0.00458. The van der Waals surface area contributed by atoms with Crippen molar-refractivity contribution in [3.8, 4) is 0 Å². The molecule has 1 saturated heterocycles. The largest absolute Gasteiger partial charge is 0.355 e. The molecule has 12 heteroatoms. The summed E-state index contributed by atoms with van der Waals surface area (Å²) in [6.07, 6.45) is 6.17. The van der Waals surface area contributed by atoms with Crippen LogP contribution in [0.25, 0.3) is 5.65 Å². The van der Waals surface area contributed by atoms with Crippen molar-refractivity contribution in [1.82, 2.24) is 24.8 Å². The Morgan fingerprint density at radius 1 is 1.19 bits per heavy atom. The Morgan fingerprint density at radius 2 is 1.88 bits per heavy atom. The average Bonchev–Trinajstić information content (AvgIpc) is 3.57. The van der Waals surface area contributed by atoms with Gasteiger partial charge in [0.1, 0.15) is 11.6 Å². The van der Waals surface area contributed by atoms with Crippen LogP contribution < -0.4 is 16.0 Å². The third kappa shape index (κ3) is 6.14. The van der Waals surface area contributed by atoms with Crippen LogP contribution in [0.3, 0.4) is 0 Å². The molecule has 0 unspecified atom stereocenters. The fourth-order valence-electron chi connectivity index (χ4n) is 6.38. The predicted molar refractivity (Wildman–Crippen MR) is 162 cm³/mol. The number of likely N-dealkylation sites (N-methyl/N-ethyl adjacent to an activating group) is 1. The molecule has 3 aromatic rings. The number of aryl methyl sites for hydroxylation is 1. The maximum atomic E-state index is 14.4. The number of carbonyl (C=O) groups is 2. The maximum absolute atomic E-state index is 14.4. The molecule has 0 spiro atoms.